The van der Waals surface area contributed by atoms with E-state index in [0.29, 0.717) is 34.6 Å². The molecule has 1 unspecified atom stereocenters. The lowest BCUT2D eigenvalue weighted by molar-refractivity contribution is -0.172. The number of hydrogen-bond donors (Lipinski definition) is 2. The zero-order chi connectivity index (χ0) is 21.8. The molecule has 4 heterocycles. The molecule has 156 valence electrons. The Labute approximate surface area is 173 Å². The number of cyclic esters (lactones) is 1. The molecule has 0 bridgehead atoms. The fraction of sp³-hybridized carbons (Fsp3) is 0.348. The molecule has 0 spiro atoms. The third kappa shape index (κ3) is 2.58. The van der Waals surface area contributed by atoms with Crippen molar-refractivity contribution in [2.45, 2.75) is 52.9 Å². The van der Waals surface area contributed by atoms with Crippen LogP contribution in [0.5, 0.6) is 5.75 Å². The number of rotatable bonds is 1. The Kier molecular flexibility index (Phi) is 4.66. The molecule has 0 saturated heterocycles. The van der Waals surface area contributed by atoms with Crippen molar-refractivity contribution in [1.82, 2.24) is 9.55 Å². The molecule has 1 atom stereocenters. The number of aryl methyl sites for hydroxylation is 1. The maximum Gasteiger partial charge on any atom is 0.343 e. The lowest BCUT2D eigenvalue weighted by Gasteiger charge is -2.31. The number of phenolic OH excluding ortho intramolecular Hbond substituents is 1. The summed E-state index contributed by atoms with van der Waals surface area (Å²) in [4.78, 5) is 30.0. The van der Waals surface area contributed by atoms with Gasteiger partial charge >= 0.3 is 5.97 Å². The number of aliphatic hydroxyl groups is 1. The van der Waals surface area contributed by atoms with Crippen molar-refractivity contribution in [3.63, 3.8) is 0 Å². The summed E-state index contributed by atoms with van der Waals surface area (Å²) in [5, 5.41) is 21.7. The number of aromatic hydroxyl groups is 1. The Morgan fingerprint density at radius 3 is 2.67 bits per heavy atom. The summed E-state index contributed by atoms with van der Waals surface area (Å²) in [7, 11) is 0. The van der Waals surface area contributed by atoms with Crippen LogP contribution in [0.25, 0.3) is 22.3 Å². The van der Waals surface area contributed by atoms with E-state index in [4.69, 9.17) is 9.72 Å². The van der Waals surface area contributed by atoms with Crippen molar-refractivity contribution in [3.05, 3.63) is 56.9 Å². The van der Waals surface area contributed by atoms with Crippen molar-refractivity contribution < 1.29 is 19.7 Å². The van der Waals surface area contributed by atoms with Gasteiger partial charge in [-0.3, -0.25) is 4.79 Å². The number of aromatic nitrogens is 2. The number of nitrogens with zero attached hydrogens (tertiary/aromatic N) is 2. The maximum atomic E-state index is 13.1. The molecule has 2 aliphatic heterocycles. The molecule has 0 fully saturated rings. The Hall–Kier alpha value is -3.19. The van der Waals surface area contributed by atoms with E-state index in [1.165, 1.54) is 0 Å². The Morgan fingerprint density at radius 2 is 1.97 bits per heavy atom. The van der Waals surface area contributed by atoms with E-state index >= 15 is 0 Å². The molecule has 0 radical (unpaired) electrons. The van der Waals surface area contributed by atoms with Gasteiger partial charge in [0.25, 0.3) is 5.56 Å². The molecule has 3 aromatic rings. The smallest absolute Gasteiger partial charge is 0.343 e. The van der Waals surface area contributed by atoms with Crippen LogP contribution < -0.4 is 5.56 Å². The molecule has 2 aliphatic rings. The topological polar surface area (TPSA) is 102 Å². The van der Waals surface area contributed by atoms with E-state index < -0.39 is 11.6 Å². The predicted molar refractivity (Wildman–Crippen MR) is 112 cm³/mol. The minimum Gasteiger partial charge on any atom is -0.508 e. The van der Waals surface area contributed by atoms with Gasteiger partial charge in [0.2, 0.25) is 0 Å². The third-order valence-electron chi connectivity index (χ3n) is 5.93. The molecule has 0 amide bonds. The predicted octanol–water partition coefficient (Wildman–Crippen LogP) is 3.12. The van der Waals surface area contributed by atoms with E-state index in [9.17, 15) is 19.8 Å². The first-order valence-electron chi connectivity index (χ1n) is 10.1. The van der Waals surface area contributed by atoms with Crippen LogP contribution in [0.1, 0.15) is 49.4 Å². The normalized spacial score (nSPS) is 18.8. The van der Waals surface area contributed by atoms with E-state index in [1.54, 1.807) is 29.7 Å². The maximum absolute atomic E-state index is 13.1. The second-order valence-electron chi connectivity index (χ2n) is 7.38. The molecule has 30 heavy (non-hydrogen) atoms. The summed E-state index contributed by atoms with van der Waals surface area (Å²) in [5.74, 6) is -0.538. The van der Waals surface area contributed by atoms with Gasteiger partial charge in [-0.25, -0.2) is 9.78 Å². The monoisotopic (exact) mass is 408 g/mol. The van der Waals surface area contributed by atoms with Gasteiger partial charge in [0.05, 0.1) is 29.0 Å². The lowest BCUT2D eigenvalue weighted by atomic mass is 9.86. The van der Waals surface area contributed by atoms with Gasteiger partial charge in [-0.1, -0.05) is 20.8 Å². The number of hydrogen-bond acceptors (Lipinski definition) is 6. The minimum atomic E-state index is -1.83. The second kappa shape index (κ2) is 6.95. The molecule has 7 nitrogen and oxygen atoms in total. The van der Waals surface area contributed by atoms with Crippen molar-refractivity contribution in [1.29, 1.82) is 0 Å². The van der Waals surface area contributed by atoms with Crippen LogP contribution in [0.4, 0.5) is 0 Å². The number of fused-ring (bicyclic) bond motifs is 5. The van der Waals surface area contributed by atoms with Crippen molar-refractivity contribution in [3.8, 4) is 17.1 Å². The number of esters is 1. The highest BCUT2D eigenvalue weighted by Gasteiger charge is 2.45. The molecule has 1 aromatic carbocycles. The molecule has 2 N–H and O–H groups in total. The number of ether oxygens (including phenoxy) is 1. The van der Waals surface area contributed by atoms with Gasteiger partial charge in [-0.15, -0.1) is 0 Å². The Balaban J connectivity index is 0.00000106. The Bertz CT molecular complexity index is 1260. The standard InChI is InChI=1S/C21H18N2O5.C2H6/c1-3-21(27)14-7-16-18-11(6-12-10(2)17(24)5-4-15(12)22-18)8-23(16)19(25)13(14)9-28-20(21)26;1-2/h4-7,24,27H,3,8-9H2,1-2H3;1-2H3. The second-order valence-corrected chi connectivity index (χ2v) is 7.38. The molecular weight excluding hydrogens is 384 g/mol. The third-order valence-corrected chi connectivity index (χ3v) is 5.93. The van der Waals surface area contributed by atoms with Crippen LogP contribution in [0.3, 0.4) is 0 Å². The van der Waals surface area contributed by atoms with Crippen LogP contribution in [-0.2, 0) is 28.3 Å². The number of carbonyl (C=O) groups is 1. The average molecular weight is 408 g/mol. The molecule has 5 rings (SSSR count). The summed E-state index contributed by atoms with van der Waals surface area (Å²) < 4.78 is 6.67. The summed E-state index contributed by atoms with van der Waals surface area (Å²) in [5.41, 5.74) is 2.01. The minimum absolute atomic E-state index is 0.109. The average Bonchev–Trinajstić information content (AvgIpc) is 3.12. The largest absolute Gasteiger partial charge is 0.508 e. The van der Waals surface area contributed by atoms with Gasteiger partial charge in [0.1, 0.15) is 12.4 Å². The first-order valence-corrected chi connectivity index (χ1v) is 10.1. The number of benzene rings is 1. The van der Waals surface area contributed by atoms with Gasteiger partial charge < -0.3 is 19.5 Å². The number of carbonyl (C=O) groups excluding carboxylic acids is 1. The van der Waals surface area contributed by atoms with Gasteiger partial charge in [-0.2, -0.15) is 0 Å². The molecule has 0 aliphatic carbocycles. The summed E-state index contributed by atoms with van der Waals surface area (Å²) in [6.45, 7) is 7.70. The first kappa shape index (κ1) is 20.1. The molecule has 0 saturated carbocycles. The molecular formula is C23H24N2O5. The van der Waals surface area contributed by atoms with Crippen LogP contribution in [0.2, 0.25) is 0 Å². The van der Waals surface area contributed by atoms with Gasteiger partial charge in [0.15, 0.2) is 5.60 Å². The van der Waals surface area contributed by atoms with E-state index in [-0.39, 0.29) is 24.3 Å². The Morgan fingerprint density at radius 1 is 1.23 bits per heavy atom. The van der Waals surface area contributed by atoms with E-state index in [1.807, 2.05) is 26.8 Å². The van der Waals surface area contributed by atoms with Crippen LogP contribution >= 0.6 is 0 Å². The number of phenols is 1. The van der Waals surface area contributed by atoms with Crippen LogP contribution in [0.15, 0.2) is 29.1 Å². The lowest BCUT2D eigenvalue weighted by Crippen LogP contribution is -2.44. The van der Waals surface area contributed by atoms with Crippen LogP contribution in [0, 0.1) is 6.92 Å². The zero-order valence-electron chi connectivity index (χ0n) is 17.4. The zero-order valence-corrected chi connectivity index (χ0v) is 17.4. The highest BCUT2D eigenvalue weighted by atomic mass is 16.6. The molecule has 7 heteroatoms. The van der Waals surface area contributed by atoms with Crippen molar-refractivity contribution in [2.75, 3.05) is 0 Å². The van der Waals surface area contributed by atoms with E-state index in [2.05, 4.69) is 0 Å². The first-order chi connectivity index (χ1) is 14.3. The van der Waals surface area contributed by atoms with Gasteiger partial charge in [-0.05, 0) is 37.6 Å². The SMILES string of the molecule is CC.CCC1(O)C(=O)OCc2c1cc1n(c2=O)Cc2cc3c(C)c(O)ccc3nc2-1. The quantitative estimate of drug-likeness (QED) is 0.469. The highest BCUT2D eigenvalue weighted by molar-refractivity contribution is 5.89. The molecule has 2 aromatic heterocycles. The summed E-state index contributed by atoms with van der Waals surface area (Å²) in [6, 6.07) is 6.96. The fourth-order valence-electron chi connectivity index (χ4n) is 4.18. The number of pyridine rings is 2. The highest BCUT2D eigenvalue weighted by Crippen LogP contribution is 2.39. The van der Waals surface area contributed by atoms with E-state index in [0.717, 1.165) is 16.5 Å². The fourth-order valence-corrected chi connectivity index (χ4v) is 4.18. The van der Waals surface area contributed by atoms with Crippen LogP contribution in [-0.4, -0.2) is 25.7 Å². The van der Waals surface area contributed by atoms with Crippen molar-refractivity contribution in [2.24, 2.45) is 0 Å². The summed E-state index contributed by atoms with van der Waals surface area (Å²) >= 11 is 0. The summed E-state index contributed by atoms with van der Waals surface area (Å²) in [6.07, 6.45) is 0.109. The van der Waals surface area contributed by atoms with Crippen molar-refractivity contribution >= 4 is 16.9 Å². The van der Waals surface area contributed by atoms with Gasteiger partial charge in [0, 0.05) is 22.1 Å².